The van der Waals surface area contributed by atoms with Crippen LogP contribution < -0.4 is 56.8 Å². The molecule has 0 spiro atoms. The molecule has 1 rings (SSSR count). The summed E-state index contributed by atoms with van der Waals surface area (Å²) >= 11 is 0. The van der Waals surface area contributed by atoms with Gasteiger partial charge in [-0.05, 0) is 17.7 Å². The van der Waals surface area contributed by atoms with Gasteiger partial charge < -0.3 is 18.1 Å². The summed E-state index contributed by atoms with van der Waals surface area (Å²) in [5, 5.41) is 8.82. The van der Waals surface area contributed by atoms with Crippen LogP contribution >= 0.6 is 0 Å². The predicted molar refractivity (Wildman–Crippen MR) is 42.2 cm³/mol. The van der Waals surface area contributed by atoms with Gasteiger partial charge in [0.1, 0.15) is 12.0 Å². The summed E-state index contributed by atoms with van der Waals surface area (Å²) in [6.07, 6.45) is 0.0737. The first-order valence-corrected chi connectivity index (χ1v) is 3.43. The summed E-state index contributed by atoms with van der Waals surface area (Å²) < 4.78 is 36.6. The van der Waals surface area contributed by atoms with E-state index in [9.17, 15) is 17.7 Å². The maximum atomic E-state index is 12.2. The molecule has 1 N–H and O–H groups in total. The molecular weight excluding hydrogens is 223 g/mol. The molecule has 0 amide bonds. The fourth-order valence-electron chi connectivity index (χ4n) is 0.962. The Hall–Kier alpha value is 0.181. The quantitative estimate of drug-likeness (QED) is 0.482. The monoisotopic (exact) mass is 228 g/mol. The molecule has 0 unspecified atom stereocenters. The smallest absolute Gasteiger partial charge is 0.508 e. The van der Waals surface area contributed by atoms with Crippen LogP contribution in [0.4, 0.5) is 12.9 Å². The molecule has 14 heavy (non-hydrogen) atoms. The fourth-order valence-corrected chi connectivity index (χ4v) is 0.962. The zero-order valence-electron chi connectivity index (χ0n) is 7.38. The van der Waals surface area contributed by atoms with E-state index >= 15 is 0 Å². The molecule has 1 aromatic carbocycles. The second kappa shape index (κ2) is 5.32. The van der Waals surface area contributed by atoms with Gasteiger partial charge in [0.25, 0.3) is 0 Å². The van der Waals surface area contributed by atoms with E-state index in [-0.39, 0.29) is 63.4 Å². The number of carbonyl (C=O) groups excluding carboxylic acids is 1. The van der Waals surface area contributed by atoms with Crippen molar-refractivity contribution in [2.45, 2.75) is 0 Å². The number of phenols is 1. The summed E-state index contributed by atoms with van der Waals surface area (Å²) in [5.41, 5.74) is -1.51. The van der Waals surface area contributed by atoms with E-state index in [2.05, 4.69) is 0 Å². The Bertz CT molecular complexity index is 340. The second-order valence-electron chi connectivity index (χ2n) is 2.51. The molecule has 0 atom stereocenters. The van der Waals surface area contributed by atoms with Crippen LogP contribution in [0.5, 0.6) is 5.75 Å². The van der Waals surface area contributed by atoms with Crippen LogP contribution in [0, 0.1) is 0 Å². The van der Waals surface area contributed by atoms with Gasteiger partial charge in [0.05, 0.1) is 0 Å². The summed E-state index contributed by atoms with van der Waals surface area (Å²) in [6.45, 7) is -5.19. The molecule has 0 aliphatic carbocycles. The minimum Gasteiger partial charge on any atom is -0.508 e. The third-order valence-electron chi connectivity index (χ3n) is 1.55. The minimum absolute atomic E-state index is 0. The normalized spacial score (nSPS) is 10.5. The molecular formula is C7H5BF3KO2. The zero-order chi connectivity index (χ0) is 10.1. The van der Waals surface area contributed by atoms with Crippen molar-refractivity contribution < 1.29 is 74.2 Å². The average molecular weight is 228 g/mol. The van der Waals surface area contributed by atoms with E-state index in [4.69, 9.17) is 5.11 Å². The number of hydrogen-bond acceptors (Lipinski definition) is 2. The van der Waals surface area contributed by atoms with Gasteiger partial charge in [-0.15, -0.1) is 0 Å². The first-order valence-electron chi connectivity index (χ1n) is 3.43. The molecule has 0 saturated carbocycles. The van der Waals surface area contributed by atoms with Crippen LogP contribution in [0.25, 0.3) is 0 Å². The van der Waals surface area contributed by atoms with Crippen molar-refractivity contribution in [3.63, 3.8) is 0 Å². The van der Waals surface area contributed by atoms with E-state index in [0.717, 1.165) is 12.1 Å². The Balaban J connectivity index is 0.00000169. The number of rotatable bonds is 2. The number of hydrogen-bond donors (Lipinski definition) is 1. The molecule has 0 aromatic heterocycles. The third-order valence-corrected chi connectivity index (χ3v) is 1.55. The van der Waals surface area contributed by atoms with Crippen molar-refractivity contribution in [2.75, 3.05) is 0 Å². The van der Waals surface area contributed by atoms with Gasteiger partial charge in [-0.25, -0.2) is 0 Å². The molecule has 70 valence electrons. The molecule has 0 aliphatic heterocycles. The average Bonchev–Trinajstić information content (AvgIpc) is 2.01. The standard InChI is InChI=1S/C7H5BF3O2.K/c9-8(10,11)7-2-1-6(13)3-5(7)4-12;/h1-4,13H;/q-1;+1. The first kappa shape index (κ1) is 14.2. The van der Waals surface area contributed by atoms with Crippen molar-refractivity contribution in [2.24, 2.45) is 0 Å². The number of aromatic hydroxyl groups is 1. The van der Waals surface area contributed by atoms with Crippen LogP contribution in [0.1, 0.15) is 10.4 Å². The van der Waals surface area contributed by atoms with Gasteiger partial charge in [0, 0.05) is 0 Å². The van der Waals surface area contributed by atoms with Gasteiger partial charge >= 0.3 is 58.4 Å². The van der Waals surface area contributed by atoms with Crippen LogP contribution in [-0.4, -0.2) is 18.4 Å². The van der Waals surface area contributed by atoms with E-state index in [1.165, 1.54) is 0 Å². The third kappa shape index (κ3) is 3.39. The molecule has 0 heterocycles. The number of aldehydes is 1. The maximum absolute atomic E-state index is 12.2. The SMILES string of the molecule is O=Cc1cc(O)ccc1[B-](F)(F)F.[K+]. The Labute approximate surface area is 121 Å². The van der Waals surface area contributed by atoms with Crippen LogP contribution in [0.2, 0.25) is 0 Å². The van der Waals surface area contributed by atoms with E-state index in [0.29, 0.717) is 6.07 Å². The van der Waals surface area contributed by atoms with E-state index in [1.54, 1.807) is 0 Å². The van der Waals surface area contributed by atoms with Crippen molar-refractivity contribution in [3.05, 3.63) is 23.8 Å². The molecule has 0 radical (unpaired) electrons. The molecule has 0 fully saturated rings. The van der Waals surface area contributed by atoms with E-state index < -0.39 is 18.0 Å². The second-order valence-corrected chi connectivity index (χ2v) is 2.51. The Morgan fingerprint density at radius 1 is 1.29 bits per heavy atom. The first-order chi connectivity index (χ1) is 5.95. The van der Waals surface area contributed by atoms with Gasteiger partial charge in [-0.2, -0.15) is 0 Å². The number of phenolic OH excluding ortho intramolecular Hbond substituents is 1. The minimum atomic E-state index is -5.19. The van der Waals surface area contributed by atoms with Gasteiger partial charge in [-0.1, -0.05) is 11.5 Å². The van der Waals surface area contributed by atoms with Crippen LogP contribution in [-0.2, 0) is 0 Å². The maximum Gasteiger partial charge on any atom is 1.00 e. The number of halogens is 3. The molecule has 1 aromatic rings. The topological polar surface area (TPSA) is 37.3 Å². The van der Waals surface area contributed by atoms with Gasteiger partial charge in [0.2, 0.25) is 0 Å². The number of carbonyl (C=O) groups is 1. The molecule has 0 aliphatic rings. The molecule has 2 nitrogen and oxygen atoms in total. The number of benzene rings is 1. The van der Waals surface area contributed by atoms with E-state index in [1.807, 2.05) is 0 Å². The predicted octanol–water partition coefficient (Wildman–Crippen LogP) is -1.74. The van der Waals surface area contributed by atoms with Gasteiger partial charge in [-0.3, -0.25) is 4.79 Å². The molecule has 0 bridgehead atoms. The van der Waals surface area contributed by atoms with Crippen molar-refractivity contribution >= 4 is 18.7 Å². The van der Waals surface area contributed by atoms with Crippen molar-refractivity contribution in [1.29, 1.82) is 0 Å². The zero-order valence-corrected chi connectivity index (χ0v) is 10.5. The van der Waals surface area contributed by atoms with Crippen LogP contribution in [0.15, 0.2) is 18.2 Å². The van der Waals surface area contributed by atoms with Crippen LogP contribution in [0.3, 0.4) is 0 Å². The Morgan fingerprint density at radius 2 is 1.86 bits per heavy atom. The Morgan fingerprint density at radius 3 is 2.29 bits per heavy atom. The summed E-state index contributed by atoms with van der Waals surface area (Å²) in [6, 6.07) is 2.38. The fraction of sp³-hybridized carbons (Fsp3) is 0. The Kier molecular flexibility index (Phi) is 5.38. The van der Waals surface area contributed by atoms with Crippen molar-refractivity contribution in [3.8, 4) is 5.75 Å². The molecule has 7 heteroatoms. The summed E-state index contributed by atoms with van der Waals surface area (Å²) in [5.74, 6) is -0.356. The molecule has 0 saturated heterocycles. The van der Waals surface area contributed by atoms with Crippen molar-refractivity contribution in [1.82, 2.24) is 0 Å². The summed E-state index contributed by atoms with van der Waals surface area (Å²) in [7, 11) is 0. The largest absolute Gasteiger partial charge is 1.00 e. The summed E-state index contributed by atoms with van der Waals surface area (Å²) in [4.78, 5) is 10.2. The van der Waals surface area contributed by atoms with Gasteiger partial charge in [0.15, 0.2) is 0 Å².